The van der Waals surface area contributed by atoms with Crippen LogP contribution in [0.2, 0.25) is 0 Å². The molecule has 9 heteroatoms. The molecule has 0 spiro atoms. The lowest BCUT2D eigenvalue weighted by atomic mass is 9.94. The molecule has 35 heavy (non-hydrogen) atoms. The maximum absolute atomic E-state index is 14.1. The van der Waals surface area contributed by atoms with Gasteiger partial charge >= 0.3 is 12.0 Å². The Labute approximate surface area is 203 Å². The fourth-order valence-corrected chi connectivity index (χ4v) is 4.42. The van der Waals surface area contributed by atoms with Crippen molar-refractivity contribution in [1.82, 2.24) is 20.0 Å². The molecule has 0 unspecified atom stereocenters. The van der Waals surface area contributed by atoms with Gasteiger partial charge in [0, 0.05) is 45.5 Å². The van der Waals surface area contributed by atoms with Crippen molar-refractivity contribution < 1.29 is 23.5 Å². The molecule has 2 aromatic carbocycles. The standard InChI is InChI=1S/C26H29FN4O4/c1-3-35-25(33)22-21(29(2)26(34)28-23(22)18-9-5-4-6-10-18)17-30-13-15-31(16-14-30)24(32)19-11-7-8-12-20(19)27/h4-12,23H,3,13-17H2,1-2H3,(H,28,34)/t23-/m0/s1. The summed E-state index contributed by atoms with van der Waals surface area (Å²) in [5, 5.41) is 2.91. The number of piperazine rings is 1. The van der Waals surface area contributed by atoms with Gasteiger partial charge in [-0.15, -0.1) is 0 Å². The van der Waals surface area contributed by atoms with Crippen molar-refractivity contribution in [2.45, 2.75) is 13.0 Å². The molecule has 0 aliphatic carbocycles. The second-order valence-corrected chi connectivity index (χ2v) is 8.48. The van der Waals surface area contributed by atoms with Gasteiger partial charge in [-0.05, 0) is 24.6 Å². The first-order valence-corrected chi connectivity index (χ1v) is 11.7. The number of hydrogen-bond acceptors (Lipinski definition) is 5. The van der Waals surface area contributed by atoms with Crippen LogP contribution in [0.25, 0.3) is 0 Å². The summed E-state index contributed by atoms with van der Waals surface area (Å²) in [5.41, 5.74) is 1.80. The average Bonchev–Trinajstić information content (AvgIpc) is 2.87. The van der Waals surface area contributed by atoms with Crippen molar-refractivity contribution >= 4 is 17.9 Å². The van der Waals surface area contributed by atoms with E-state index in [1.165, 1.54) is 17.0 Å². The molecule has 0 radical (unpaired) electrons. The first-order chi connectivity index (χ1) is 16.9. The minimum Gasteiger partial charge on any atom is -0.463 e. The monoisotopic (exact) mass is 480 g/mol. The van der Waals surface area contributed by atoms with Crippen LogP contribution in [0.5, 0.6) is 0 Å². The molecule has 2 heterocycles. The van der Waals surface area contributed by atoms with E-state index in [9.17, 15) is 18.8 Å². The van der Waals surface area contributed by atoms with Crippen LogP contribution >= 0.6 is 0 Å². The topological polar surface area (TPSA) is 82.2 Å². The minimum atomic E-state index is -0.627. The Morgan fingerprint density at radius 3 is 2.34 bits per heavy atom. The summed E-state index contributed by atoms with van der Waals surface area (Å²) < 4.78 is 19.4. The lowest BCUT2D eigenvalue weighted by molar-refractivity contribution is -0.139. The van der Waals surface area contributed by atoms with Gasteiger partial charge in [0.1, 0.15) is 5.82 Å². The van der Waals surface area contributed by atoms with Gasteiger partial charge in [0.2, 0.25) is 0 Å². The molecule has 1 N–H and O–H groups in total. The van der Waals surface area contributed by atoms with Crippen molar-refractivity contribution in [3.05, 3.63) is 82.8 Å². The van der Waals surface area contributed by atoms with Crippen LogP contribution < -0.4 is 5.32 Å². The Morgan fingerprint density at radius 2 is 1.69 bits per heavy atom. The SMILES string of the molecule is CCOC(=O)C1=C(CN2CCN(C(=O)c3ccccc3F)CC2)N(C)C(=O)N[C@H]1c1ccccc1. The predicted molar refractivity (Wildman–Crippen MR) is 128 cm³/mol. The fraction of sp³-hybridized carbons (Fsp3) is 0.346. The molecule has 184 valence electrons. The molecule has 0 aromatic heterocycles. The third-order valence-corrected chi connectivity index (χ3v) is 6.34. The molecule has 8 nitrogen and oxygen atoms in total. The minimum absolute atomic E-state index is 0.0580. The number of carbonyl (C=O) groups excluding carboxylic acids is 3. The van der Waals surface area contributed by atoms with E-state index in [0.717, 1.165) is 5.56 Å². The van der Waals surface area contributed by atoms with Gasteiger partial charge in [-0.3, -0.25) is 14.6 Å². The van der Waals surface area contributed by atoms with E-state index in [2.05, 4.69) is 10.2 Å². The van der Waals surface area contributed by atoms with Crippen LogP contribution in [0.15, 0.2) is 65.9 Å². The summed E-state index contributed by atoms with van der Waals surface area (Å²) in [6.07, 6.45) is 0. The number of carbonyl (C=O) groups is 3. The molecule has 2 aromatic rings. The van der Waals surface area contributed by atoms with Crippen LogP contribution in [0.1, 0.15) is 28.9 Å². The van der Waals surface area contributed by atoms with Crippen LogP contribution in [-0.4, -0.2) is 79.0 Å². The molecule has 4 rings (SSSR count). The number of halogens is 1. The van der Waals surface area contributed by atoms with Crippen LogP contribution in [0, 0.1) is 5.82 Å². The van der Waals surface area contributed by atoms with E-state index in [-0.39, 0.29) is 24.1 Å². The summed E-state index contributed by atoms with van der Waals surface area (Å²) in [6.45, 7) is 4.15. The Bertz CT molecular complexity index is 1130. The molecular weight excluding hydrogens is 451 g/mol. The van der Waals surface area contributed by atoms with Crippen LogP contribution in [0.3, 0.4) is 0 Å². The van der Waals surface area contributed by atoms with E-state index < -0.39 is 17.8 Å². The number of ether oxygens (including phenoxy) is 1. The third-order valence-electron chi connectivity index (χ3n) is 6.34. The molecule has 3 amide bonds. The number of urea groups is 1. The summed E-state index contributed by atoms with van der Waals surface area (Å²) in [4.78, 5) is 43.8. The van der Waals surface area contributed by atoms with Gasteiger partial charge in [0.15, 0.2) is 0 Å². The molecule has 0 saturated carbocycles. The van der Waals surface area contributed by atoms with Crippen LogP contribution in [0.4, 0.5) is 9.18 Å². The zero-order valence-corrected chi connectivity index (χ0v) is 19.9. The van der Waals surface area contributed by atoms with Crippen molar-refractivity contribution in [2.24, 2.45) is 0 Å². The van der Waals surface area contributed by atoms with E-state index in [1.807, 2.05) is 30.3 Å². The maximum atomic E-state index is 14.1. The van der Waals surface area contributed by atoms with E-state index >= 15 is 0 Å². The number of hydrogen-bond donors (Lipinski definition) is 1. The smallest absolute Gasteiger partial charge is 0.338 e. The number of nitrogens with zero attached hydrogens (tertiary/aromatic N) is 3. The molecular formula is C26H29FN4O4. The first-order valence-electron chi connectivity index (χ1n) is 11.7. The van der Waals surface area contributed by atoms with Gasteiger partial charge in [0.25, 0.3) is 5.91 Å². The van der Waals surface area contributed by atoms with E-state index in [4.69, 9.17) is 4.74 Å². The number of likely N-dealkylation sites (N-methyl/N-ethyl adjacent to an activating group) is 1. The summed E-state index contributed by atoms with van der Waals surface area (Å²) in [5.74, 6) is -1.35. The second-order valence-electron chi connectivity index (χ2n) is 8.48. The largest absolute Gasteiger partial charge is 0.463 e. The molecule has 1 fully saturated rings. The van der Waals surface area contributed by atoms with Gasteiger partial charge in [-0.25, -0.2) is 14.0 Å². The normalized spacial score (nSPS) is 18.9. The number of amides is 3. The summed E-state index contributed by atoms with van der Waals surface area (Å²) in [6, 6.07) is 14.3. The van der Waals surface area contributed by atoms with E-state index in [0.29, 0.717) is 44.0 Å². The highest BCUT2D eigenvalue weighted by Gasteiger charge is 2.37. The van der Waals surface area contributed by atoms with Crippen LogP contribution in [-0.2, 0) is 9.53 Å². The number of esters is 1. The molecule has 2 aliphatic rings. The van der Waals surface area contributed by atoms with E-state index in [1.54, 1.807) is 31.0 Å². The molecule has 1 atom stereocenters. The van der Waals surface area contributed by atoms with Gasteiger partial charge in [-0.2, -0.15) is 0 Å². The van der Waals surface area contributed by atoms with Gasteiger partial charge in [-0.1, -0.05) is 42.5 Å². The van der Waals surface area contributed by atoms with Gasteiger partial charge in [0.05, 0.1) is 23.8 Å². The number of nitrogens with one attached hydrogen (secondary N) is 1. The zero-order chi connectivity index (χ0) is 24.9. The number of benzene rings is 2. The highest BCUT2D eigenvalue weighted by molar-refractivity contribution is 5.95. The lowest BCUT2D eigenvalue weighted by Gasteiger charge is -2.39. The average molecular weight is 481 g/mol. The van der Waals surface area contributed by atoms with Crippen molar-refractivity contribution in [3.8, 4) is 0 Å². The van der Waals surface area contributed by atoms with Crippen molar-refractivity contribution in [3.63, 3.8) is 0 Å². The quantitative estimate of drug-likeness (QED) is 0.643. The Kier molecular flexibility index (Phi) is 7.45. The Morgan fingerprint density at radius 1 is 1.03 bits per heavy atom. The van der Waals surface area contributed by atoms with Gasteiger partial charge < -0.3 is 15.0 Å². The zero-order valence-electron chi connectivity index (χ0n) is 19.9. The van der Waals surface area contributed by atoms with Crippen molar-refractivity contribution in [1.29, 1.82) is 0 Å². The summed E-state index contributed by atoms with van der Waals surface area (Å²) >= 11 is 0. The second kappa shape index (κ2) is 10.7. The number of rotatable bonds is 6. The highest BCUT2D eigenvalue weighted by atomic mass is 19.1. The predicted octanol–water partition coefficient (Wildman–Crippen LogP) is 2.80. The van der Waals surface area contributed by atoms with Crippen molar-refractivity contribution in [2.75, 3.05) is 46.4 Å². The lowest BCUT2D eigenvalue weighted by Crippen LogP contribution is -2.53. The Hall–Kier alpha value is -3.72. The Balaban J connectivity index is 1.55. The molecule has 2 aliphatic heterocycles. The summed E-state index contributed by atoms with van der Waals surface area (Å²) in [7, 11) is 1.63. The maximum Gasteiger partial charge on any atom is 0.338 e. The third kappa shape index (κ3) is 5.19. The highest BCUT2D eigenvalue weighted by Crippen LogP contribution is 2.31. The first kappa shape index (κ1) is 24.4. The fourth-order valence-electron chi connectivity index (χ4n) is 4.42. The molecule has 0 bridgehead atoms. The molecule has 1 saturated heterocycles.